The van der Waals surface area contributed by atoms with Crippen LogP contribution in [0.25, 0.3) is 22.4 Å². The summed E-state index contributed by atoms with van der Waals surface area (Å²) in [6.07, 6.45) is 0.745. The molecule has 0 fully saturated rings. The Bertz CT molecular complexity index is 1230. The van der Waals surface area contributed by atoms with Crippen LogP contribution in [-0.2, 0) is 17.7 Å². The van der Waals surface area contributed by atoms with Crippen LogP contribution in [0, 0.1) is 17.0 Å². The molecular weight excluding hydrogens is 412 g/mol. The maximum Gasteiger partial charge on any atom is 0.340 e. The van der Waals surface area contributed by atoms with Gasteiger partial charge in [-0.1, -0.05) is 12.1 Å². The molecule has 0 spiro atoms. The minimum atomic E-state index is -0.464. The van der Waals surface area contributed by atoms with Gasteiger partial charge in [0, 0.05) is 35.5 Å². The Morgan fingerprint density at radius 1 is 1.16 bits per heavy atom. The summed E-state index contributed by atoms with van der Waals surface area (Å²) in [5.74, 6) is 0.721. The predicted molar refractivity (Wildman–Crippen MR) is 119 cm³/mol. The van der Waals surface area contributed by atoms with E-state index in [0.29, 0.717) is 34.7 Å². The smallest absolute Gasteiger partial charge is 0.340 e. The summed E-state index contributed by atoms with van der Waals surface area (Å²) in [6.45, 7) is 4.55. The normalized spacial score (nSPS) is 12.0. The number of nitrogens with zero attached hydrogens (tertiary/aromatic N) is 2. The number of rotatable bonds is 6. The summed E-state index contributed by atoms with van der Waals surface area (Å²) < 4.78 is 18.5. The maximum absolute atomic E-state index is 13.2. The van der Waals surface area contributed by atoms with Gasteiger partial charge in [-0.3, -0.25) is 10.1 Å². The van der Waals surface area contributed by atoms with Crippen molar-refractivity contribution in [2.75, 3.05) is 20.8 Å². The highest BCUT2D eigenvalue weighted by Crippen LogP contribution is 2.45. The molecular formula is C24H24N2O6. The van der Waals surface area contributed by atoms with Crippen LogP contribution >= 0.6 is 0 Å². The summed E-state index contributed by atoms with van der Waals surface area (Å²) in [4.78, 5) is 24.1. The van der Waals surface area contributed by atoms with Gasteiger partial charge in [0.2, 0.25) is 0 Å². The molecule has 8 heteroatoms. The van der Waals surface area contributed by atoms with Crippen LogP contribution in [0.2, 0.25) is 0 Å². The van der Waals surface area contributed by atoms with Crippen LogP contribution in [0.5, 0.6) is 11.5 Å². The number of nitro groups is 1. The van der Waals surface area contributed by atoms with E-state index in [9.17, 15) is 14.9 Å². The third kappa shape index (κ3) is 3.37. The minimum Gasteiger partial charge on any atom is -0.493 e. The molecule has 2 aromatic carbocycles. The molecule has 1 aromatic heterocycles. The van der Waals surface area contributed by atoms with Gasteiger partial charge in [-0.25, -0.2) is 4.79 Å². The Balaban J connectivity index is 2.04. The van der Waals surface area contributed by atoms with Crippen LogP contribution in [0.3, 0.4) is 0 Å². The standard InChI is InChI=1S/C24H24N2O6/c1-5-32-24(27)22-21(16-7-6-8-17(11-16)26(28)29)14(2)25-10-9-15-12-19(30-3)20(31-4)13-18(15)23(22)25/h6-8,11-13H,5,9-10H2,1-4H3. The number of fused-ring (bicyclic) bond motifs is 3. The summed E-state index contributed by atoms with van der Waals surface area (Å²) in [6, 6.07) is 10.1. The van der Waals surface area contributed by atoms with E-state index < -0.39 is 10.9 Å². The first kappa shape index (κ1) is 21.4. The lowest BCUT2D eigenvalue weighted by atomic mass is 9.93. The molecule has 32 heavy (non-hydrogen) atoms. The van der Waals surface area contributed by atoms with Crippen molar-refractivity contribution < 1.29 is 23.9 Å². The first-order valence-electron chi connectivity index (χ1n) is 10.3. The van der Waals surface area contributed by atoms with Crippen molar-refractivity contribution in [3.63, 3.8) is 0 Å². The zero-order valence-electron chi connectivity index (χ0n) is 18.4. The number of esters is 1. The summed E-state index contributed by atoms with van der Waals surface area (Å²) >= 11 is 0. The third-order valence-electron chi connectivity index (χ3n) is 5.82. The van der Waals surface area contributed by atoms with Crippen molar-refractivity contribution >= 4 is 11.7 Å². The average molecular weight is 436 g/mol. The fourth-order valence-electron chi connectivity index (χ4n) is 4.41. The molecule has 0 radical (unpaired) electrons. The van der Waals surface area contributed by atoms with Crippen molar-refractivity contribution in [2.45, 2.75) is 26.8 Å². The Morgan fingerprint density at radius 2 is 1.88 bits per heavy atom. The minimum absolute atomic E-state index is 0.0345. The molecule has 0 N–H and O–H groups in total. The van der Waals surface area contributed by atoms with E-state index >= 15 is 0 Å². The largest absolute Gasteiger partial charge is 0.493 e. The summed E-state index contributed by atoms with van der Waals surface area (Å²) in [5.41, 5.74) is 5.08. The molecule has 0 bridgehead atoms. The molecule has 4 rings (SSSR count). The van der Waals surface area contributed by atoms with Gasteiger partial charge in [0.05, 0.1) is 37.0 Å². The molecule has 0 saturated heterocycles. The van der Waals surface area contributed by atoms with Crippen molar-refractivity contribution in [3.05, 3.63) is 63.3 Å². The summed E-state index contributed by atoms with van der Waals surface area (Å²) in [7, 11) is 3.16. The van der Waals surface area contributed by atoms with Gasteiger partial charge >= 0.3 is 5.97 Å². The molecule has 0 unspecified atom stereocenters. The van der Waals surface area contributed by atoms with E-state index in [4.69, 9.17) is 14.2 Å². The Labute approximate surface area is 185 Å². The number of non-ortho nitro benzene ring substituents is 1. The van der Waals surface area contributed by atoms with Gasteiger partial charge in [-0.2, -0.15) is 0 Å². The molecule has 1 aliphatic rings. The maximum atomic E-state index is 13.2. The summed E-state index contributed by atoms with van der Waals surface area (Å²) in [5, 5.41) is 11.4. The average Bonchev–Trinajstić information content (AvgIpc) is 3.11. The third-order valence-corrected chi connectivity index (χ3v) is 5.82. The fraction of sp³-hybridized carbons (Fsp3) is 0.292. The Hall–Kier alpha value is -3.81. The van der Waals surface area contributed by atoms with Crippen molar-refractivity contribution in [3.8, 4) is 33.9 Å². The molecule has 1 aliphatic heterocycles. The number of aryl methyl sites for hydroxylation is 1. The number of nitro benzene ring substituents is 1. The molecule has 0 amide bonds. The molecule has 3 aromatic rings. The number of hydrogen-bond donors (Lipinski definition) is 0. The molecule has 0 aliphatic carbocycles. The second-order valence-corrected chi connectivity index (χ2v) is 7.48. The molecule has 0 atom stereocenters. The fourth-order valence-corrected chi connectivity index (χ4v) is 4.41. The lowest BCUT2D eigenvalue weighted by Crippen LogP contribution is -2.15. The van der Waals surface area contributed by atoms with Crippen LogP contribution < -0.4 is 9.47 Å². The van der Waals surface area contributed by atoms with E-state index in [1.54, 1.807) is 33.3 Å². The molecule has 2 heterocycles. The van der Waals surface area contributed by atoms with Gasteiger partial charge in [0.1, 0.15) is 0 Å². The van der Waals surface area contributed by atoms with E-state index in [0.717, 1.165) is 28.9 Å². The monoisotopic (exact) mass is 436 g/mol. The van der Waals surface area contributed by atoms with E-state index in [2.05, 4.69) is 4.57 Å². The van der Waals surface area contributed by atoms with Crippen LogP contribution in [0.15, 0.2) is 36.4 Å². The van der Waals surface area contributed by atoms with Crippen molar-refractivity contribution in [1.29, 1.82) is 0 Å². The van der Waals surface area contributed by atoms with Gasteiger partial charge in [-0.05, 0) is 43.5 Å². The number of carbonyl (C=O) groups is 1. The number of hydrogen-bond acceptors (Lipinski definition) is 6. The van der Waals surface area contributed by atoms with Gasteiger partial charge < -0.3 is 18.8 Å². The zero-order chi connectivity index (χ0) is 23.0. The number of benzene rings is 2. The second-order valence-electron chi connectivity index (χ2n) is 7.48. The van der Waals surface area contributed by atoms with Crippen LogP contribution in [-0.4, -0.2) is 36.3 Å². The Morgan fingerprint density at radius 3 is 2.53 bits per heavy atom. The highest BCUT2D eigenvalue weighted by atomic mass is 16.6. The van der Waals surface area contributed by atoms with Gasteiger partial charge in [0.25, 0.3) is 5.69 Å². The molecule has 8 nitrogen and oxygen atoms in total. The van der Waals surface area contributed by atoms with Gasteiger partial charge in [-0.15, -0.1) is 0 Å². The molecule has 166 valence electrons. The quantitative estimate of drug-likeness (QED) is 0.313. The van der Waals surface area contributed by atoms with Crippen LogP contribution in [0.4, 0.5) is 5.69 Å². The van der Waals surface area contributed by atoms with E-state index in [-0.39, 0.29) is 12.3 Å². The first-order chi connectivity index (χ1) is 15.4. The molecule has 0 saturated carbocycles. The Kier molecular flexibility index (Phi) is 5.61. The van der Waals surface area contributed by atoms with E-state index in [1.807, 2.05) is 19.1 Å². The van der Waals surface area contributed by atoms with Gasteiger partial charge in [0.15, 0.2) is 11.5 Å². The van der Waals surface area contributed by atoms with Crippen molar-refractivity contribution in [1.82, 2.24) is 4.57 Å². The van der Waals surface area contributed by atoms with Crippen molar-refractivity contribution in [2.24, 2.45) is 0 Å². The van der Waals surface area contributed by atoms with Crippen LogP contribution in [0.1, 0.15) is 28.5 Å². The topological polar surface area (TPSA) is 92.8 Å². The lowest BCUT2D eigenvalue weighted by molar-refractivity contribution is -0.384. The lowest BCUT2D eigenvalue weighted by Gasteiger charge is -2.23. The number of ether oxygens (including phenoxy) is 3. The predicted octanol–water partition coefficient (Wildman–Crippen LogP) is 4.79. The first-order valence-corrected chi connectivity index (χ1v) is 10.3. The number of carbonyl (C=O) groups excluding carboxylic acids is 1. The number of methoxy groups -OCH3 is 2. The highest BCUT2D eigenvalue weighted by molar-refractivity contribution is 6.05. The van der Waals surface area contributed by atoms with E-state index in [1.165, 1.54) is 12.1 Å². The highest BCUT2D eigenvalue weighted by Gasteiger charge is 2.32. The SMILES string of the molecule is CCOC(=O)c1c(-c2cccc([N+](=O)[O-])c2)c(C)n2c1-c1cc(OC)c(OC)cc1CC2. The number of aromatic nitrogens is 1. The zero-order valence-corrected chi connectivity index (χ0v) is 18.4. The second kappa shape index (κ2) is 8.37.